The molecule has 0 spiro atoms. The first-order valence-electron chi connectivity index (χ1n) is 5.62. The molecule has 1 rings (SSSR count). The highest BCUT2D eigenvalue weighted by Gasteiger charge is 2.32. The summed E-state index contributed by atoms with van der Waals surface area (Å²) in [5.41, 5.74) is -0.180. The summed E-state index contributed by atoms with van der Waals surface area (Å²) in [5.74, 6) is 0.969. The van der Waals surface area contributed by atoms with E-state index in [1.54, 1.807) is 18.1 Å². The van der Waals surface area contributed by atoms with Crippen LogP contribution in [0.15, 0.2) is 6.33 Å². The Morgan fingerprint density at radius 1 is 1.62 bits per heavy atom. The molecule has 2 unspecified atom stereocenters. The van der Waals surface area contributed by atoms with Gasteiger partial charge in [0, 0.05) is 26.6 Å². The number of rotatable bonds is 6. The van der Waals surface area contributed by atoms with Gasteiger partial charge in [-0.15, -0.1) is 0 Å². The van der Waals surface area contributed by atoms with Crippen LogP contribution >= 0.6 is 0 Å². The van der Waals surface area contributed by atoms with Gasteiger partial charge in [-0.2, -0.15) is 5.10 Å². The van der Waals surface area contributed by atoms with Crippen molar-refractivity contribution in [2.45, 2.75) is 38.3 Å². The molecule has 16 heavy (non-hydrogen) atoms. The van der Waals surface area contributed by atoms with E-state index in [0.29, 0.717) is 0 Å². The predicted octanol–water partition coefficient (Wildman–Crippen LogP) is 0.761. The highest BCUT2D eigenvalue weighted by Crippen LogP contribution is 2.21. The number of aromatic nitrogens is 3. The maximum absolute atomic E-state index is 5.61. The number of nitrogens with zero attached hydrogens (tertiary/aromatic N) is 3. The van der Waals surface area contributed by atoms with Gasteiger partial charge in [-0.25, -0.2) is 4.98 Å². The Labute approximate surface area is 97.2 Å². The van der Waals surface area contributed by atoms with E-state index in [9.17, 15) is 0 Å². The summed E-state index contributed by atoms with van der Waals surface area (Å²) in [7, 11) is 5.61. The maximum Gasteiger partial charge on any atom is 0.138 e. The first kappa shape index (κ1) is 13.1. The van der Waals surface area contributed by atoms with E-state index in [-0.39, 0.29) is 11.6 Å². The molecule has 0 saturated heterocycles. The van der Waals surface area contributed by atoms with Gasteiger partial charge in [0.05, 0.1) is 5.60 Å². The Hall–Kier alpha value is -0.940. The molecule has 5 heteroatoms. The zero-order chi connectivity index (χ0) is 12.2. The third kappa shape index (κ3) is 2.59. The van der Waals surface area contributed by atoms with Crippen molar-refractivity contribution in [3.05, 3.63) is 12.2 Å². The average molecular weight is 226 g/mol. The Morgan fingerprint density at radius 3 is 2.69 bits per heavy atom. The SMILES string of the molecule is CCC(C)(OC)C(Cc1ncnn1C)NC. The summed E-state index contributed by atoms with van der Waals surface area (Å²) in [6.45, 7) is 4.25. The lowest BCUT2D eigenvalue weighted by molar-refractivity contribution is -0.0275. The van der Waals surface area contributed by atoms with Crippen LogP contribution in [0, 0.1) is 0 Å². The summed E-state index contributed by atoms with van der Waals surface area (Å²) in [4.78, 5) is 4.24. The molecule has 0 aliphatic heterocycles. The summed E-state index contributed by atoms with van der Waals surface area (Å²) >= 11 is 0. The van der Waals surface area contributed by atoms with Crippen LogP contribution in [0.5, 0.6) is 0 Å². The van der Waals surface area contributed by atoms with Crippen molar-refractivity contribution in [3.63, 3.8) is 0 Å². The molecule has 1 heterocycles. The van der Waals surface area contributed by atoms with Crippen LogP contribution in [-0.4, -0.2) is 40.6 Å². The molecule has 1 aromatic rings. The molecule has 1 aromatic heterocycles. The highest BCUT2D eigenvalue weighted by molar-refractivity contribution is 4.96. The van der Waals surface area contributed by atoms with Gasteiger partial charge in [-0.1, -0.05) is 6.92 Å². The lowest BCUT2D eigenvalue weighted by atomic mass is 9.90. The Kier molecular flexibility index (Phi) is 4.44. The van der Waals surface area contributed by atoms with Crippen molar-refractivity contribution >= 4 is 0 Å². The summed E-state index contributed by atoms with van der Waals surface area (Å²) in [5, 5.41) is 7.38. The number of hydrogen-bond acceptors (Lipinski definition) is 4. The van der Waals surface area contributed by atoms with E-state index >= 15 is 0 Å². The fourth-order valence-corrected chi connectivity index (χ4v) is 1.84. The lowest BCUT2D eigenvalue weighted by Gasteiger charge is -2.35. The molecule has 0 fully saturated rings. The molecule has 0 aliphatic carbocycles. The second-order valence-electron chi connectivity index (χ2n) is 4.22. The van der Waals surface area contributed by atoms with Crippen molar-refractivity contribution in [1.82, 2.24) is 20.1 Å². The van der Waals surface area contributed by atoms with Gasteiger partial charge in [0.15, 0.2) is 0 Å². The molecule has 0 radical (unpaired) electrons. The van der Waals surface area contributed by atoms with E-state index in [1.165, 1.54) is 0 Å². The topological polar surface area (TPSA) is 52.0 Å². The molecule has 0 saturated carbocycles. The highest BCUT2D eigenvalue weighted by atomic mass is 16.5. The van der Waals surface area contributed by atoms with Gasteiger partial charge >= 0.3 is 0 Å². The molecule has 0 amide bonds. The zero-order valence-corrected chi connectivity index (χ0v) is 10.8. The number of hydrogen-bond donors (Lipinski definition) is 1. The van der Waals surface area contributed by atoms with E-state index in [4.69, 9.17) is 4.74 Å². The normalized spacial score (nSPS) is 17.1. The van der Waals surface area contributed by atoms with E-state index < -0.39 is 0 Å². The minimum Gasteiger partial charge on any atom is -0.377 e. The van der Waals surface area contributed by atoms with Crippen LogP contribution in [0.25, 0.3) is 0 Å². The number of methoxy groups -OCH3 is 1. The molecule has 2 atom stereocenters. The Morgan fingerprint density at radius 2 is 2.31 bits per heavy atom. The van der Waals surface area contributed by atoms with Gasteiger partial charge in [-0.05, 0) is 20.4 Å². The van der Waals surface area contributed by atoms with Crippen molar-refractivity contribution in [2.75, 3.05) is 14.2 Å². The van der Waals surface area contributed by atoms with E-state index in [0.717, 1.165) is 18.7 Å². The van der Waals surface area contributed by atoms with Crippen molar-refractivity contribution in [1.29, 1.82) is 0 Å². The average Bonchev–Trinajstić information content (AvgIpc) is 2.70. The van der Waals surface area contributed by atoms with Gasteiger partial charge < -0.3 is 10.1 Å². The summed E-state index contributed by atoms with van der Waals surface area (Å²) in [6.07, 6.45) is 3.34. The lowest BCUT2D eigenvalue weighted by Crippen LogP contribution is -2.50. The summed E-state index contributed by atoms with van der Waals surface area (Å²) < 4.78 is 7.41. The molecule has 5 nitrogen and oxygen atoms in total. The Bertz CT molecular complexity index is 320. The van der Waals surface area contributed by atoms with Crippen molar-refractivity contribution in [2.24, 2.45) is 7.05 Å². The van der Waals surface area contributed by atoms with Gasteiger partial charge in [-0.3, -0.25) is 4.68 Å². The van der Waals surface area contributed by atoms with Gasteiger partial charge in [0.2, 0.25) is 0 Å². The smallest absolute Gasteiger partial charge is 0.138 e. The van der Waals surface area contributed by atoms with Gasteiger partial charge in [0.1, 0.15) is 12.2 Å². The first-order chi connectivity index (χ1) is 7.57. The van der Waals surface area contributed by atoms with Gasteiger partial charge in [0.25, 0.3) is 0 Å². The molecule has 0 bridgehead atoms. The summed E-state index contributed by atoms with van der Waals surface area (Å²) in [6, 6.07) is 0.227. The fraction of sp³-hybridized carbons (Fsp3) is 0.818. The maximum atomic E-state index is 5.61. The monoisotopic (exact) mass is 226 g/mol. The largest absolute Gasteiger partial charge is 0.377 e. The standard InChI is InChI=1S/C11H22N4O/c1-6-11(2,16-5)9(12-3)7-10-13-8-14-15(10)4/h8-9,12H,6-7H2,1-5H3. The van der Waals surface area contributed by atoms with Crippen LogP contribution in [0.1, 0.15) is 26.1 Å². The van der Waals surface area contributed by atoms with Crippen LogP contribution < -0.4 is 5.32 Å². The second kappa shape index (κ2) is 5.41. The zero-order valence-electron chi connectivity index (χ0n) is 10.8. The third-order valence-corrected chi connectivity index (χ3v) is 3.45. The molecule has 92 valence electrons. The molecular formula is C11H22N4O. The Balaban J connectivity index is 2.80. The van der Waals surface area contributed by atoms with Crippen molar-refractivity contribution < 1.29 is 4.74 Å². The second-order valence-corrected chi connectivity index (χ2v) is 4.22. The van der Waals surface area contributed by atoms with Crippen LogP contribution in [0.4, 0.5) is 0 Å². The third-order valence-electron chi connectivity index (χ3n) is 3.45. The van der Waals surface area contributed by atoms with E-state index in [2.05, 4.69) is 29.2 Å². The minimum absolute atomic E-state index is 0.180. The van der Waals surface area contributed by atoms with Crippen LogP contribution in [0.3, 0.4) is 0 Å². The molecule has 0 aromatic carbocycles. The fourth-order valence-electron chi connectivity index (χ4n) is 1.84. The van der Waals surface area contributed by atoms with E-state index in [1.807, 2.05) is 14.1 Å². The number of ether oxygens (including phenoxy) is 1. The molecule has 0 aliphatic rings. The van der Waals surface area contributed by atoms with Crippen molar-refractivity contribution in [3.8, 4) is 0 Å². The quantitative estimate of drug-likeness (QED) is 0.778. The van der Waals surface area contributed by atoms with Crippen LogP contribution in [0.2, 0.25) is 0 Å². The molecule has 1 N–H and O–H groups in total. The number of nitrogens with one attached hydrogen (secondary N) is 1. The molecular weight excluding hydrogens is 204 g/mol. The van der Waals surface area contributed by atoms with Crippen LogP contribution in [-0.2, 0) is 18.2 Å². The number of aryl methyl sites for hydroxylation is 1. The first-order valence-corrected chi connectivity index (χ1v) is 5.62. The minimum atomic E-state index is -0.180. The predicted molar refractivity (Wildman–Crippen MR) is 63.3 cm³/mol. The number of likely N-dealkylation sites (N-methyl/N-ethyl adjacent to an activating group) is 1.